The molecular weight excluding hydrogens is 316 g/mol. The molecule has 2 rings (SSSR count). The van der Waals surface area contributed by atoms with Crippen LogP contribution in [-0.2, 0) is 4.74 Å². The van der Waals surface area contributed by atoms with Crippen LogP contribution in [0.3, 0.4) is 0 Å². The Bertz CT molecular complexity index is 534. The molecule has 1 aromatic carbocycles. The molecule has 1 aliphatic rings. The van der Waals surface area contributed by atoms with Gasteiger partial charge in [-0.3, -0.25) is 4.90 Å². The Morgan fingerprint density at radius 2 is 2.04 bits per heavy atom. The fourth-order valence-corrected chi connectivity index (χ4v) is 2.32. The first kappa shape index (κ1) is 19.5. The maximum absolute atomic E-state index is 10.0. The first-order chi connectivity index (χ1) is 10.7. The minimum Gasteiger partial charge on any atom is -0.491 e. The summed E-state index contributed by atoms with van der Waals surface area (Å²) in [7, 11) is 0. The summed E-state index contributed by atoms with van der Waals surface area (Å²) in [5, 5.41) is 18.7. The molecule has 126 valence electrons. The van der Waals surface area contributed by atoms with Crippen molar-refractivity contribution in [1.82, 2.24) is 4.90 Å². The second-order valence-electron chi connectivity index (χ2n) is 5.36. The lowest BCUT2D eigenvalue weighted by Gasteiger charge is -2.28. The van der Waals surface area contributed by atoms with Crippen LogP contribution in [0.2, 0.25) is 0 Å². The van der Waals surface area contributed by atoms with Crippen molar-refractivity contribution < 1.29 is 14.6 Å². The van der Waals surface area contributed by atoms with Crippen molar-refractivity contribution in [2.24, 2.45) is 0 Å². The van der Waals surface area contributed by atoms with E-state index in [1.807, 2.05) is 37.3 Å². The van der Waals surface area contributed by atoms with Crippen LogP contribution in [0.5, 0.6) is 5.75 Å². The molecule has 1 heterocycles. The number of rotatable bonds is 6. The Hall–Kier alpha value is -1.58. The van der Waals surface area contributed by atoms with E-state index < -0.39 is 6.10 Å². The number of ether oxygens (including phenoxy) is 2. The van der Waals surface area contributed by atoms with Crippen molar-refractivity contribution in [1.29, 1.82) is 5.26 Å². The molecule has 0 amide bonds. The Morgan fingerprint density at radius 3 is 2.65 bits per heavy atom. The van der Waals surface area contributed by atoms with E-state index in [1.54, 1.807) is 0 Å². The van der Waals surface area contributed by atoms with Gasteiger partial charge >= 0.3 is 0 Å². The molecule has 0 radical (unpaired) electrons. The van der Waals surface area contributed by atoms with E-state index in [4.69, 9.17) is 14.7 Å². The highest BCUT2D eigenvalue weighted by Gasteiger charge is 2.15. The molecule has 1 unspecified atom stereocenters. The third-order valence-corrected chi connectivity index (χ3v) is 3.61. The Kier molecular flexibility index (Phi) is 8.67. The number of aliphatic hydroxyl groups is 1. The average molecular weight is 339 g/mol. The van der Waals surface area contributed by atoms with E-state index in [1.165, 1.54) is 6.08 Å². The quantitative estimate of drug-likeness (QED) is 0.805. The second kappa shape index (κ2) is 10.2. The lowest BCUT2D eigenvalue weighted by Crippen LogP contribution is -2.42. The normalized spacial score (nSPS) is 17.0. The maximum atomic E-state index is 10.0. The third-order valence-electron chi connectivity index (χ3n) is 3.61. The Labute approximate surface area is 143 Å². The van der Waals surface area contributed by atoms with Crippen LogP contribution >= 0.6 is 12.4 Å². The minimum absolute atomic E-state index is 0. The molecule has 1 fully saturated rings. The van der Waals surface area contributed by atoms with Crippen LogP contribution in [0.25, 0.3) is 5.57 Å². The van der Waals surface area contributed by atoms with Gasteiger partial charge in [0.2, 0.25) is 0 Å². The van der Waals surface area contributed by atoms with Crippen LogP contribution in [-0.4, -0.2) is 55.6 Å². The van der Waals surface area contributed by atoms with E-state index in [0.717, 1.165) is 43.2 Å². The van der Waals surface area contributed by atoms with Gasteiger partial charge < -0.3 is 14.6 Å². The van der Waals surface area contributed by atoms with Gasteiger partial charge in [-0.2, -0.15) is 5.26 Å². The number of halogens is 1. The lowest BCUT2D eigenvalue weighted by atomic mass is 10.1. The number of allylic oxidation sites excluding steroid dienone is 2. The molecular formula is C17H23ClN2O3. The molecule has 5 nitrogen and oxygen atoms in total. The number of morpholine rings is 1. The highest BCUT2D eigenvalue weighted by atomic mass is 35.5. The monoisotopic (exact) mass is 338 g/mol. The number of aliphatic hydroxyl groups excluding tert-OH is 1. The number of hydrogen-bond acceptors (Lipinski definition) is 5. The summed E-state index contributed by atoms with van der Waals surface area (Å²) in [6.07, 6.45) is 1.00. The number of hydrogen-bond donors (Lipinski definition) is 1. The van der Waals surface area contributed by atoms with E-state index in [-0.39, 0.29) is 19.0 Å². The van der Waals surface area contributed by atoms with Gasteiger partial charge in [0, 0.05) is 25.7 Å². The van der Waals surface area contributed by atoms with Gasteiger partial charge in [-0.05, 0) is 30.2 Å². The second-order valence-corrected chi connectivity index (χ2v) is 5.36. The third kappa shape index (κ3) is 6.59. The molecule has 1 aliphatic heterocycles. The molecule has 1 N–H and O–H groups in total. The summed E-state index contributed by atoms with van der Waals surface area (Å²) in [5.41, 5.74) is 1.91. The number of benzene rings is 1. The molecule has 1 saturated heterocycles. The van der Waals surface area contributed by atoms with Gasteiger partial charge in [-0.15, -0.1) is 12.4 Å². The Morgan fingerprint density at radius 1 is 1.39 bits per heavy atom. The number of β-amino-alcohol motifs (C(OH)–C–C–N with tert-alkyl or cyclic N) is 1. The van der Waals surface area contributed by atoms with Crippen molar-refractivity contribution in [3.63, 3.8) is 0 Å². The standard InChI is InChI=1S/C17H22N2O3.ClH/c1-14(6-7-18)15-2-4-17(5-3-15)22-13-16(20)12-19-8-10-21-11-9-19;/h2-6,16,20H,8-13H2,1H3;1H/b14-6-;. The highest BCUT2D eigenvalue weighted by molar-refractivity contribution is 5.85. The molecule has 1 atom stereocenters. The molecule has 1 aromatic rings. The maximum Gasteiger partial charge on any atom is 0.119 e. The van der Waals surface area contributed by atoms with Crippen molar-refractivity contribution in [2.45, 2.75) is 13.0 Å². The zero-order chi connectivity index (χ0) is 15.8. The molecule has 0 aromatic heterocycles. The highest BCUT2D eigenvalue weighted by Crippen LogP contribution is 2.18. The fraction of sp³-hybridized carbons (Fsp3) is 0.471. The van der Waals surface area contributed by atoms with Gasteiger partial charge in [0.15, 0.2) is 0 Å². The molecule has 0 bridgehead atoms. The minimum atomic E-state index is -0.516. The summed E-state index contributed by atoms with van der Waals surface area (Å²) >= 11 is 0. The number of nitriles is 1. The summed E-state index contributed by atoms with van der Waals surface area (Å²) in [6, 6.07) is 9.54. The van der Waals surface area contributed by atoms with Gasteiger partial charge in [0.05, 0.1) is 19.3 Å². The molecule has 0 spiro atoms. The van der Waals surface area contributed by atoms with Crippen LogP contribution in [0, 0.1) is 11.3 Å². The van der Waals surface area contributed by atoms with Crippen LogP contribution in [0.4, 0.5) is 0 Å². The first-order valence-electron chi connectivity index (χ1n) is 7.47. The SMILES string of the molecule is C/C(=C/C#N)c1ccc(OCC(O)CN2CCOCC2)cc1.Cl. The summed E-state index contributed by atoms with van der Waals surface area (Å²) in [5.74, 6) is 0.717. The van der Waals surface area contributed by atoms with Crippen molar-refractivity contribution in [3.05, 3.63) is 35.9 Å². The van der Waals surface area contributed by atoms with Gasteiger partial charge in [-0.25, -0.2) is 0 Å². The Balaban J connectivity index is 0.00000264. The molecule has 23 heavy (non-hydrogen) atoms. The van der Waals surface area contributed by atoms with Crippen molar-refractivity contribution in [3.8, 4) is 11.8 Å². The van der Waals surface area contributed by atoms with Gasteiger partial charge in [0.1, 0.15) is 18.5 Å². The van der Waals surface area contributed by atoms with Crippen LogP contribution in [0.15, 0.2) is 30.3 Å². The van der Waals surface area contributed by atoms with E-state index >= 15 is 0 Å². The smallest absolute Gasteiger partial charge is 0.119 e. The predicted molar refractivity (Wildman–Crippen MR) is 91.7 cm³/mol. The predicted octanol–water partition coefficient (Wildman–Crippen LogP) is 2.11. The van der Waals surface area contributed by atoms with E-state index in [2.05, 4.69) is 4.90 Å². The number of nitrogens with zero attached hydrogens (tertiary/aromatic N) is 2. The van der Waals surface area contributed by atoms with Crippen molar-refractivity contribution in [2.75, 3.05) is 39.5 Å². The van der Waals surface area contributed by atoms with Crippen molar-refractivity contribution >= 4 is 18.0 Å². The van der Waals surface area contributed by atoms with Crippen LogP contribution in [0.1, 0.15) is 12.5 Å². The lowest BCUT2D eigenvalue weighted by molar-refractivity contribution is 0.00465. The zero-order valence-corrected chi connectivity index (χ0v) is 14.1. The average Bonchev–Trinajstić information content (AvgIpc) is 2.54. The van der Waals surface area contributed by atoms with Crippen LogP contribution < -0.4 is 4.74 Å². The fourth-order valence-electron chi connectivity index (χ4n) is 2.32. The van der Waals surface area contributed by atoms with E-state index in [0.29, 0.717) is 6.54 Å². The van der Waals surface area contributed by atoms with Gasteiger partial charge in [-0.1, -0.05) is 12.1 Å². The largest absolute Gasteiger partial charge is 0.491 e. The summed E-state index contributed by atoms with van der Waals surface area (Å²) in [4.78, 5) is 2.18. The first-order valence-corrected chi connectivity index (χ1v) is 7.47. The zero-order valence-electron chi connectivity index (χ0n) is 13.3. The topological polar surface area (TPSA) is 65.7 Å². The molecule has 6 heteroatoms. The molecule has 0 saturated carbocycles. The summed E-state index contributed by atoms with van der Waals surface area (Å²) in [6.45, 7) is 5.93. The van der Waals surface area contributed by atoms with E-state index in [9.17, 15) is 5.11 Å². The molecule has 0 aliphatic carbocycles. The van der Waals surface area contributed by atoms with Gasteiger partial charge in [0.25, 0.3) is 0 Å². The summed E-state index contributed by atoms with van der Waals surface area (Å²) < 4.78 is 10.9.